The van der Waals surface area contributed by atoms with Gasteiger partial charge in [0.1, 0.15) is 5.69 Å². The van der Waals surface area contributed by atoms with Gasteiger partial charge in [0.05, 0.1) is 0 Å². The zero-order chi connectivity index (χ0) is 8.27. The lowest BCUT2D eigenvalue weighted by Crippen LogP contribution is -1.94. The second-order valence-corrected chi connectivity index (χ2v) is 3.32. The molecule has 0 unspecified atom stereocenters. The smallest absolute Gasteiger partial charge is 0.352 e. The van der Waals surface area contributed by atoms with E-state index in [0.29, 0.717) is 0 Å². The van der Waals surface area contributed by atoms with Crippen LogP contribution in [0.3, 0.4) is 0 Å². The number of carboxylic acid groups (broad SMARTS) is 1. The van der Waals surface area contributed by atoms with Gasteiger partial charge in [0.25, 0.3) is 0 Å². The van der Waals surface area contributed by atoms with E-state index in [4.69, 9.17) is 5.11 Å². The number of carboxylic acids is 1. The lowest BCUT2D eigenvalue weighted by Gasteiger charge is -1.87. The summed E-state index contributed by atoms with van der Waals surface area (Å²) in [5.74, 6) is 0.0460. The number of nitrogens with one attached hydrogen (secondary N) is 1. The van der Waals surface area contributed by atoms with Crippen molar-refractivity contribution in [2.45, 2.75) is 11.8 Å². The number of aromatic amines is 1. The van der Waals surface area contributed by atoms with Gasteiger partial charge in [-0.25, -0.2) is 4.79 Å². The largest absolute Gasteiger partial charge is 0.477 e. The zero-order valence-corrected chi connectivity index (χ0v) is 6.94. The van der Waals surface area contributed by atoms with Crippen LogP contribution in [0.1, 0.15) is 17.4 Å². The topological polar surface area (TPSA) is 53.1 Å². The summed E-state index contributed by atoms with van der Waals surface area (Å²) in [6, 6.07) is 1.64. The van der Waals surface area contributed by atoms with Gasteiger partial charge < -0.3 is 10.1 Å². The van der Waals surface area contributed by atoms with Crippen LogP contribution in [0.2, 0.25) is 0 Å². The Balaban J connectivity index is 2.73. The van der Waals surface area contributed by atoms with Gasteiger partial charge in [-0.05, 0) is 11.8 Å². The molecule has 0 atom stereocenters. The van der Waals surface area contributed by atoms with Crippen molar-refractivity contribution in [3.05, 3.63) is 18.0 Å². The highest BCUT2D eigenvalue weighted by atomic mass is 32.2. The summed E-state index contributed by atoms with van der Waals surface area (Å²) in [6.45, 7) is 2.03. The van der Waals surface area contributed by atoms with Gasteiger partial charge >= 0.3 is 5.97 Å². The number of aromatic nitrogens is 1. The predicted octanol–water partition coefficient (Wildman–Crippen LogP) is 1.82. The molecule has 0 fully saturated rings. The van der Waals surface area contributed by atoms with Crippen LogP contribution in [0.4, 0.5) is 0 Å². The minimum absolute atomic E-state index is 0.251. The van der Waals surface area contributed by atoms with Crippen molar-refractivity contribution in [2.24, 2.45) is 0 Å². The number of hydrogen-bond acceptors (Lipinski definition) is 2. The first-order chi connectivity index (χ1) is 5.24. The van der Waals surface area contributed by atoms with E-state index in [2.05, 4.69) is 4.98 Å². The summed E-state index contributed by atoms with van der Waals surface area (Å²) in [6.07, 6.45) is 1.71. The van der Waals surface area contributed by atoms with Crippen LogP contribution in [0.15, 0.2) is 17.2 Å². The van der Waals surface area contributed by atoms with Gasteiger partial charge in [-0.1, -0.05) is 6.92 Å². The molecule has 3 nitrogen and oxygen atoms in total. The fraction of sp³-hybridized carbons (Fsp3) is 0.286. The Morgan fingerprint density at radius 1 is 1.82 bits per heavy atom. The highest BCUT2D eigenvalue weighted by Gasteiger charge is 2.04. The van der Waals surface area contributed by atoms with E-state index in [1.165, 1.54) is 0 Å². The summed E-state index contributed by atoms with van der Waals surface area (Å²) in [4.78, 5) is 14.0. The first-order valence-electron chi connectivity index (χ1n) is 3.28. The second-order valence-electron chi connectivity index (χ2n) is 1.99. The van der Waals surface area contributed by atoms with E-state index >= 15 is 0 Å². The highest BCUT2D eigenvalue weighted by molar-refractivity contribution is 7.99. The molecule has 4 heteroatoms. The molecule has 0 aliphatic rings. The van der Waals surface area contributed by atoms with E-state index in [0.717, 1.165) is 10.6 Å². The number of aromatic carboxylic acids is 1. The predicted molar refractivity (Wildman–Crippen MR) is 44.2 cm³/mol. The van der Waals surface area contributed by atoms with E-state index in [9.17, 15) is 4.79 Å². The minimum atomic E-state index is -0.909. The van der Waals surface area contributed by atoms with Gasteiger partial charge in [0, 0.05) is 11.1 Å². The fourth-order valence-corrected chi connectivity index (χ4v) is 1.42. The summed E-state index contributed by atoms with van der Waals surface area (Å²) in [7, 11) is 0. The summed E-state index contributed by atoms with van der Waals surface area (Å²) in [5, 5.41) is 8.53. The maximum absolute atomic E-state index is 10.4. The lowest BCUT2D eigenvalue weighted by atomic mass is 10.4. The molecule has 0 radical (unpaired) electrons. The summed E-state index contributed by atoms with van der Waals surface area (Å²) >= 11 is 1.62. The standard InChI is InChI=1S/C7H9NO2S/c1-2-11-5-3-6(7(9)10)8-4-5/h3-4,8H,2H2,1H3,(H,9,10). The number of hydrogen-bond donors (Lipinski definition) is 2. The SMILES string of the molecule is CCSc1c[nH]c(C(=O)O)c1. The van der Waals surface area contributed by atoms with Crippen LogP contribution in [0.5, 0.6) is 0 Å². The molecule has 0 saturated heterocycles. The Kier molecular flexibility index (Phi) is 2.59. The highest BCUT2D eigenvalue weighted by Crippen LogP contribution is 2.17. The first-order valence-corrected chi connectivity index (χ1v) is 4.27. The molecule has 0 aromatic carbocycles. The first kappa shape index (κ1) is 8.20. The Hall–Kier alpha value is -0.900. The summed E-state index contributed by atoms with van der Waals surface area (Å²) < 4.78 is 0. The van der Waals surface area contributed by atoms with Crippen LogP contribution in [0, 0.1) is 0 Å². The van der Waals surface area contributed by atoms with Gasteiger partial charge in [-0.15, -0.1) is 11.8 Å². The van der Waals surface area contributed by atoms with Crippen LogP contribution in [-0.4, -0.2) is 21.8 Å². The number of thioether (sulfide) groups is 1. The van der Waals surface area contributed by atoms with E-state index in [1.807, 2.05) is 6.92 Å². The molecule has 2 N–H and O–H groups in total. The van der Waals surface area contributed by atoms with Crippen LogP contribution < -0.4 is 0 Å². The number of H-pyrrole nitrogens is 1. The number of rotatable bonds is 3. The van der Waals surface area contributed by atoms with E-state index < -0.39 is 5.97 Å². The molecule has 1 rings (SSSR count). The van der Waals surface area contributed by atoms with Crippen molar-refractivity contribution in [1.82, 2.24) is 4.98 Å². The Bertz CT molecular complexity index is 257. The molecule has 0 aliphatic carbocycles. The molecule has 11 heavy (non-hydrogen) atoms. The van der Waals surface area contributed by atoms with Crippen molar-refractivity contribution in [3.8, 4) is 0 Å². The normalized spacial score (nSPS) is 9.91. The van der Waals surface area contributed by atoms with Gasteiger partial charge in [0.15, 0.2) is 0 Å². The van der Waals surface area contributed by atoms with Crippen LogP contribution >= 0.6 is 11.8 Å². The average Bonchev–Trinajstić information content (AvgIpc) is 2.37. The Labute approximate surface area is 68.8 Å². The van der Waals surface area contributed by atoms with Gasteiger partial charge in [-0.3, -0.25) is 0 Å². The number of carbonyl (C=O) groups is 1. The molecule has 0 bridgehead atoms. The molecule has 1 aromatic heterocycles. The fourth-order valence-electron chi connectivity index (χ4n) is 0.748. The third kappa shape index (κ3) is 2.01. The van der Waals surface area contributed by atoms with E-state index in [1.54, 1.807) is 24.0 Å². The van der Waals surface area contributed by atoms with Crippen LogP contribution in [-0.2, 0) is 0 Å². The van der Waals surface area contributed by atoms with Gasteiger partial charge in [-0.2, -0.15) is 0 Å². The van der Waals surface area contributed by atoms with Crippen molar-refractivity contribution in [3.63, 3.8) is 0 Å². The summed E-state index contributed by atoms with van der Waals surface area (Å²) in [5.41, 5.74) is 0.251. The maximum Gasteiger partial charge on any atom is 0.352 e. The Morgan fingerprint density at radius 3 is 3.00 bits per heavy atom. The zero-order valence-electron chi connectivity index (χ0n) is 6.13. The average molecular weight is 171 g/mol. The van der Waals surface area contributed by atoms with Crippen molar-refractivity contribution in [1.29, 1.82) is 0 Å². The minimum Gasteiger partial charge on any atom is -0.477 e. The lowest BCUT2D eigenvalue weighted by molar-refractivity contribution is 0.0691. The van der Waals surface area contributed by atoms with Crippen molar-refractivity contribution < 1.29 is 9.90 Å². The quantitative estimate of drug-likeness (QED) is 0.682. The molecule has 0 amide bonds. The molecular formula is C7H9NO2S. The third-order valence-electron chi connectivity index (χ3n) is 1.20. The van der Waals surface area contributed by atoms with Gasteiger partial charge in [0.2, 0.25) is 0 Å². The van der Waals surface area contributed by atoms with E-state index in [-0.39, 0.29) is 5.69 Å². The maximum atomic E-state index is 10.4. The molecule has 1 heterocycles. The van der Waals surface area contributed by atoms with Crippen molar-refractivity contribution in [2.75, 3.05) is 5.75 Å². The third-order valence-corrected chi connectivity index (χ3v) is 2.06. The monoisotopic (exact) mass is 171 g/mol. The van der Waals surface area contributed by atoms with Crippen molar-refractivity contribution >= 4 is 17.7 Å². The second kappa shape index (κ2) is 3.48. The molecule has 0 spiro atoms. The molecule has 0 aliphatic heterocycles. The molecule has 0 saturated carbocycles. The molecule has 60 valence electrons. The Morgan fingerprint density at radius 2 is 2.55 bits per heavy atom. The van der Waals surface area contributed by atoms with Crippen LogP contribution in [0.25, 0.3) is 0 Å². The molecular weight excluding hydrogens is 162 g/mol. The molecule has 1 aromatic rings.